The summed E-state index contributed by atoms with van der Waals surface area (Å²) in [6, 6.07) is 13.6. The number of benzene rings is 2. The van der Waals surface area contributed by atoms with Gasteiger partial charge in [-0.3, -0.25) is 14.6 Å². The zero-order valence-electron chi connectivity index (χ0n) is 20.7. The molecular weight excluding hydrogens is 460 g/mol. The molecule has 188 valence electrons. The van der Waals surface area contributed by atoms with E-state index in [4.69, 9.17) is 4.99 Å². The molecule has 0 aliphatic carbocycles. The Balaban J connectivity index is 1.65. The Kier molecular flexibility index (Phi) is 8.13. The second kappa shape index (κ2) is 11.3. The fourth-order valence-electron chi connectivity index (χ4n) is 4.57. The number of hydrogen-bond donors (Lipinski definition) is 3. The van der Waals surface area contributed by atoms with Crippen molar-refractivity contribution >= 4 is 38.0 Å². The van der Waals surface area contributed by atoms with E-state index in [1.54, 1.807) is 25.1 Å². The summed E-state index contributed by atoms with van der Waals surface area (Å²) in [5.74, 6) is 0.0415. The molecule has 0 saturated carbocycles. The van der Waals surface area contributed by atoms with Crippen LogP contribution in [0.25, 0.3) is 10.9 Å². The van der Waals surface area contributed by atoms with Crippen molar-refractivity contribution in [3.8, 4) is 5.88 Å². The molecule has 2 heterocycles. The lowest BCUT2D eigenvalue weighted by Crippen LogP contribution is -2.28. The SMILES string of the molecule is CCCCC(=Nc1ccc(CN2CCCCC2)cc1)c1c(O)[nH]c2ccc(NS(=O)(=O)CC)cc12. The van der Waals surface area contributed by atoms with Crippen molar-refractivity contribution in [2.45, 2.75) is 58.9 Å². The minimum Gasteiger partial charge on any atom is -0.494 e. The molecule has 8 heteroatoms. The summed E-state index contributed by atoms with van der Waals surface area (Å²) in [6.45, 7) is 7.02. The number of hydrogen-bond acceptors (Lipinski definition) is 5. The number of unbranched alkanes of at least 4 members (excludes halogenated alkanes) is 1. The van der Waals surface area contributed by atoms with Gasteiger partial charge in [-0.25, -0.2) is 8.42 Å². The van der Waals surface area contributed by atoms with Gasteiger partial charge in [0.1, 0.15) is 0 Å². The standard InChI is InChI=1S/C27H36N4O3S/c1-3-5-9-25(28-21-12-10-20(11-13-21)19-31-16-7-6-8-17-31)26-23-18-22(30-35(33,34)4-2)14-15-24(23)29-27(26)32/h10-15,18,29-30,32H,3-9,16-17,19H2,1-2H3. The summed E-state index contributed by atoms with van der Waals surface area (Å²) < 4.78 is 26.7. The van der Waals surface area contributed by atoms with Crippen LogP contribution in [-0.2, 0) is 16.6 Å². The molecule has 0 spiro atoms. The molecule has 35 heavy (non-hydrogen) atoms. The molecule has 1 saturated heterocycles. The van der Waals surface area contributed by atoms with Crippen LogP contribution in [0.15, 0.2) is 47.5 Å². The number of aliphatic imine (C=N–C) groups is 1. The molecule has 0 atom stereocenters. The molecule has 1 aliphatic rings. The van der Waals surface area contributed by atoms with E-state index in [1.807, 2.05) is 12.1 Å². The Hall–Kier alpha value is -2.84. The van der Waals surface area contributed by atoms with Gasteiger partial charge in [-0.2, -0.15) is 0 Å². The predicted molar refractivity (Wildman–Crippen MR) is 144 cm³/mol. The van der Waals surface area contributed by atoms with Crippen molar-refractivity contribution in [2.24, 2.45) is 4.99 Å². The van der Waals surface area contributed by atoms with E-state index < -0.39 is 10.0 Å². The number of piperidine rings is 1. The lowest BCUT2D eigenvalue weighted by atomic mass is 10.0. The van der Waals surface area contributed by atoms with Crippen molar-refractivity contribution in [3.05, 3.63) is 53.6 Å². The fraction of sp³-hybridized carbons (Fsp3) is 0.444. The summed E-state index contributed by atoms with van der Waals surface area (Å²) in [5.41, 5.74) is 4.74. The highest BCUT2D eigenvalue weighted by Gasteiger charge is 2.18. The largest absolute Gasteiger partial charge is 0.494 e. The summed E-state index contributed by atoms with van der Waals surface area (Å²) in [6.07, 6.45) is 6.52. The zero-order chi connectivity index (χ0) is 24.8. The van der Waals surface area contributed by atoms with Crippen molar-refractivity contribution in [1.29, 1.82) is 0 Å². The van der Waals surface area contributed by atoms with E-state index in [9.17, 15) is 13.5 Å². The van der Waals surface area contributed by atoms with Crippen LogP contribution in [-0.4, -0.2) is 48.0 Å². The van der Waals surface area contributed by atoms with Crippen LogP contribution in [0.5, 0.6) is 5.88 Å². The molecule has 1 aliphatic heterocycles. The number of fused-ring (bicyclic) bond motifs is 1. The van der Waals surface area contributed by atoms with Gasteiger partial charge in [-0.15, -0.1) is 0 Å². The summed E-state index contributed by atoms with van der Waals surface area (Å²) in [4.78, 5) is 10.5. The molecule has 1 aromatic heterocycles. The number of rotatable bonds is 10. The van der Waals surface area contributed by atoms with Gasteiger partial charge in [0.25, 0.3) is 0 Å². The van der Waals surface area contributed by atoms with Crippen molar-refractivity contribution in [2.75, 3.05) is 23.6 Å². The maximum Gasteiger partial charge on any atom is 0.232 e. The van der Waals surface area contributed by atoms with Crippen LogP contribution in [0.3, 0.4) is 0 Å². The number of aromatic nitrogens is 1. The molecule has 0 radical (unpaired) electrons. The van der Waals surface area contributed by atoms with Crippen LogP contribution in [0.2, 0.25) is 0 Å². The summed E-state index contributed by atoms with van der Waals surface area (Å²) in [7, 11) is -3.40. The molecule has 0 amide bonds. The molecule has 7 nitrogen and oxygen atoms in total. The van der Waals surface area contributed by atoms with E-state index in [0.29, 0.717) is 17.7 Å². The van der Waals surface area contributed by atoms with Crippen molar-refractivity contribution in [3.63, 3.8) is 0 Å². The quantitative estimate of drug-likeness (QED) is 0.303. The third-order valence-corrected chi connectivity index (χ3v) is 7.85. The minimum absolute atomic E-state index is 0.00670. The second-order valence-corrected chi connectivity index (χ2v) is 11.3. The number of aromatic hydroxyl groups is 1. The highest BCUT2D eigenvalue weighted by atomic mass is 32.2. The predicted octanol–water partition coefficient (Wildman–Crippen LogP) is 5.93. The van der Waals surface area contributed by atoms with Gasteiger partial charge < -0.3 is 10.1 Å². The van der Waals surface area contributed by atoms with Crippen LogP contribution < -0.4 is 4.72 Å². The number of sulfonamides is 1. The summed E-state index contributed by atoms with van der Waals surface area (Å²) in [5, 5.41) is 11.5. The number of anilines is 1. The zero-order valence-corrected chi connectivity index (χ0v) is 21.5. The summed E-state index contributed by atoms with van der Waals surface area (Å²) >= 11 is 0. The van der Waals surface area contributed by atoms with Gasteiger partial charge in [-0.1, -0.05) is 31.9 Å². The first-order valence-corrected chi connectivity index (χ1v) is 14.3. The first-order chi connectivity index (χ1) is 16.9. The van der Waals surface area contributed by atoms with E-state index >= 15 is 0 Å². The number of aromatic amines is 1. The van der Waals surface area contributed by atoms with Gasteiger partial charge in [0.05, 0.1) is 22.7 Å². The highest BCUT2D eigenvalue weighted by molar-refractivity contribution is 7.92. The molecule has 3 N–H and O–H groups in total. The third kappa shape index (κ3) is 6.44. The first kappa shape index (κ1) is 25.3. The lowest BCUT2D eigenvalue weighted by molar-refractivity contribution is 0.221. The number of nitrogens with zero attached hydrogens (tertiary/aromatic N) is 2. The van der Waals surface area contributed by atoms with Gasteiger partial charge in [-0.05, 0) is 81.6 Å². The van der Waals surface area contributed by atoms with E-state index in [0.717, 1.165) is 54.8 Å². The average molecular weight is 497 g/mol. The topological polar surface area (TPSA) is 97.8 Å². The van der Waals surface area contributed by atoms with Gasteiger partial charge in [0.15, 0.2) is 5.88 Å². The molecule has 3 aromatic rings. The van der Waals surface area contributed by atoms with Crippen LogP contribution in [0.1, 0.15) is 63.5 Å². The monoisotopic (exact) mass is 496 g/mol. The Bertz CT molecular complexity index is 1270. The molecular formula is C27H36N4O3S. The van der Waals surface area contributed by atoms with E-state index in [2.05, 4.69) is 33.7 Å². The smallest absolute Gasteiger partial charge is 0.232 e. The van der Waals surface area contributed by atoms with E-state index in [1.165, 1.54) is 24.8 Å². The highest BCUT2D eigenvalue weighted by Crippen LogP contribution is 2.33. The Morgan fingerprint density at radius 1 is 1.09 bits per heavy atom. The van der Waals surface area contributed by atoms with Crippen molar-refractivity contribution < 1.29 is 13.5 Å². The molecule has 4 rings (SSSR count). The second-order valence-electron chi connectivity index (χ2n) is 9.28. The number of nitrogens with one attached hydrogen (secondary N) is 2. The maximum atomic E-state index is 12.1. The van der Waals surface area contributed by atoms with Crippen LogP contribution in [0, 0.1) is 0 Å². The number of H-pyrrole nitrogens is 1. The Morgan fingerprint density at radius 3 is 2.51 bits per heavy atom. The average Bonchev–Trinajstić information content (AvgIpc) is 3.18. The Morgan fingerprint density at radius 2 is 1.83 bits per heavy atom. The molecule has 2 aromatic carbocycles. The van der Waals surface area contributed by atoms with Crippen LogP contribution >= 0.6 is 0 Å². The number of likely N-dealkylation sites (tertiary alicyclic amines) is 1. The van der Waals surface area contributed by atoms with Gasteiger partial charge >= 0.3 is 0 Å². The van der Waals surface area contributed by atoms with Crippen molar-refractivity contribution in [1.82, 2.24) is 9.88 Å². The van der Waals surface area contributed by atoms with Crippen LogP contribution in [0.4, 0.5) is 11.4 Å². The van der Waals surface area contributed by atoms with Gasteiger partial charge in [0, 0.05) is 23.1 Å². The lowest BCUT2D eigenvalue weighted by Gasteiger charge is -2.26. The maximum absolute atomic E-state index is 12.1. The third-order valence-electron chi connectivity index (χ3n) is 6.54. The van der Waals surface area contributed by atoms with E-state index in [-0.39, 0.29) is 11.6 Å². The molecule has 0 bridgehead atoms. The normalized spacial score (nSPS) is 15.5. The van der Waals surface area contributed by atoms with Gasteiger partial charge in [0.2, 0.25) is 10.0 Å². The first-order valence-electron chi connectivity index (χ1n) is 12.6. The molecule has 1 fully saturated rings. The minimum atomic E-state index is -3.40. The Labute approximate surface area is 208 Å². The fourth-order valence-corrected chi connectivity index (χ4v) is 5.20. The molecule has 0 unspecified atom stereocenters.